The van der Waals surface area contributed by atoms with E-state index in [4.69, 9.17) is 18.9 Å². The molecule has 0 unspecified atom stereocenters. The summed E-state index contributed by atoms with van der Waals surface area (Å²) in [6.45, 7) is 0. The molecule has 352 valence electrons. The molecular weight excluding hydrogens is 873 g/mol. The number of hydrogen-bond acceptors (Lipinski definition) is 8. The first-order valence-corrected chi connectivity index (χ1v) is 24.2. The summed E-state index contributed by atoms with van der Waals surface area (Å²) in [4.78, 5) is 0. The van der Waals surface area contributed by atoms with Crippen LogP contribution in [0.25, 0.3) is 0 Å². The van der Waals surface area contributed by atoms with E-state index in [1.54, 1.807) is 0 Å². The fraction of sp³-hybridized carbons (Fsp3) is 0.226. The molecule has 4 N–H and O–H groups in total. The smallest absolute Gasteiger partial charge is 0.174 e. The molecule has 0 aromatic heterocycles. The molecule has 0 amide bonds. The molecule has 4 atom stereocenters. The van der Waals surface area contributed by atoms with Gasteiger partial charge in [0.1, 0.15) is 46.8 Å². The minimum atomic E-state index is -1.89. The molecule has 2 heterocycles. The van der Waals surface area contributed by atoms with Gasteiger partial charge in [-0.25, -0.2) is 0 Å². The number of benzene rings is 8. The van der Waals surface area contributed by atoms with Gasteiger partial charge in [0, 0.05) is 12.8 Å². The largest absolute Gasteiger partial charge is 0.378 e. The van der Waals surface area contributed by atoms with Crippen LogP contribution in [0.15, 0.2) is 243 Å². The molecule has 11 rings (SSSR count). The summed E-state index contributed by atoms with van der Waals surface area (Å²) >= 11 is 0. The van der Waals surface area contributed by atoms with E-state index < -0.39 is 58.4 Å². The second kappa shape index (κ2) is 18.3. The highest BCUT2D eigenvalue weighted by molar-refractivity contribution is 5.46. The lowest BCUT2D eigenvalue weighted by Crippen LogP contribution is -2.54. The van der Waals surface area contributed by atoms with Gasteiger partial charge in [-0.2, -0.15) is 0 Å². The molecule has 70 heavy (non-hydrogen) atoms. The van der Waals surface area contributed by atoms with Crippen LogP contribution in [-0.4, -0.2) is 56.4 Å². The zero-order chi connectivity index (χ0) is 47.9. The highest BCUT2D eigenvalue weighted by Gasteiger charge is 2.70. The number of hydrogen-bond donors (Lipinski definition) is 4. The summed E-state index contributed by atoms with van der Waals surface area (Å²) < 4.78 is 30.1. The minimum absolute atomic E-state index is 0.0569. The normalized spacial score (nSPS) is 21.2. The van der Waals surface area contributed by atoms with Gasteiger partial charge in [-0.05, 0) is 50.9 Å². The van der Waals surface area contributed by atoms with Crippen molar-refractivity contribution in [1.82, 2.24) is 0 Å². The third-order valence-corrected chi connectivity index (χ3v) is 14.9. The van der Waals surface area contributed by atoms with Gasteiger partial charge in [-0.3, -0.25) is 0 Å². The van der Waals surface area contributed by atoms with Gasteiger partial charge in [0.25, 0.3) is 0 Å². The van der Waals surface area contributed by atoms with E-state index in [0.29, 0.717) is 63.8 Å². The first-order chi connectivity index (χ1) is 34.1. The average molecular weight is 929 g/mol. The van der Waals surface area contributed by atoms with E-state index in [1.807, 2.05) is 243 Å². The molecule has 3 fully saturated rings. The number of aliphatic hydroxyl groups is 4. The van der Waals surface area contributed by atoms with Crippen molar-refractivity contribution in [3.05, 3.63) is 287 Å². The van der Waals surface area contributed by atoms with Crippen LogP contribution in [0.5, 0.6) is 0 Å². The Morgan fingerprint density at radius 3 is 0.586 bits per heavy atom. The van der Waals surface area contributed by atoms with Crippen molar-refractivity contribution in [2.45, 2.75) is 84.1 Å². The van der Waals surface area contributed by atoms with Crippen LogP contribution in [0.2, 0.25) is 0 Å². The second-order valence-electron chi connectivity index (χ2n) is 19.0. The van der Waals surface area contributed by atoms with Gasteiger partial charge in [0.2, 0.25) is 0 Å². The number of ether oxygens (including phenoxy) is 4. The molecule has 1 saturated carbocycles. The molecular formula is C62H56O8. The summed E-state index contributed by atoms with van der Waals surface area (Å²) in [6.07, 6.45) is -3.92. The van der Waals surface area contributed by atoms with Crippen molar-refractivity contribution in [3.63, 3.8) is 0 Å². The van der Waals surface area contributed by atoms with Crippen molar-refractivity contribution in [3.8, 4) is 0 Å². The molecule has 2 saturated heterocycles. The van der Waals surface area contributed by atoms with Crippen LogP contribution in [-0.2, 0) is 41.4 Å². The van der Waals surface area contributed by atoms with E-state index in [9.17, 15) is 20.4 Å². The topological polar surface area (TPSA) is 118 Å². The van der Waals surface area contributed by atoms with Crippen molar-refractivity contribution >= 4 is 0 Å². The Morgan fingerprint density at radius 1 is 0.271 bits per heavy atom. The number of rotatable bonds is 12. The Labute approximate surface area is 409 Å². The SMILES string of the molecule is OC(c1ccccc1)(c1ccccc1)[C@H]1OC2(CCCC3(C2)O[C@H](C(O)(c2ccccc2)c2ccccc2)[C@@H](C(O)(c2ccccc2)c2ccccc2)O3)O[C@@H]1C(O)(c1ccccc1)c1ccccc1. The Kier molecular flexibility index (Phi) is 12.0. The van der Waals surface area contributed by atoms with Crippen molar-refractivity contribution < 1.29 is 39.4 Å². The zero-order valence-corrected chi connectivity index (χ0v) is 38.7. The average Bonchev–Trinajstić information content (AvgIpc) is 4.00. The summed E-state index contributed by atoms with van der Waals surface area (Å²) in [7, 11) is 0. The van der Waals surface area contributed by atoms with Crippen LogP contribution in [0.1, 0.15) is 70.2 Å². The highest BCUT2D eigenvalue weighted by atomic mass is 16.8. The summed E-state index contributed by atoms with van der Waals surface area (Å²) in [6, 6.07) is 75.1. The van der Waals surface area contributed by atoms with Crippen LogP contribution >= 0.6 is 0 Å². The van der Waals surface area contributed by atoms with Gasteiger partial charge in [-0.15, -0.1) is 0 Å². The Hall–Kier alpha value is -6.56. The first kappa shape index (κ1) is 45.9. The van der Waals surface area contributed by atoms with E-state index >= 15 is 0 Å². The maximum atomic E-state index is 13.8. The van der Waals surface area contributed by atoms with Crippen molar-refractivity contribution in [2.24, 2.45) is 0 Å². The van der Waals surface area contributed by atoms with Gasteiger partial charge in [0.05, 0.1) is 6.42 Å². The van der Waals surface area contributed by atoms with Gasteiger partial charge in [-0.1, -0.05) is 243 Å². The second-order valence-corrected chi connectivity index (χ2v) is 19.0. The van der Waals surface area contributed by atoms with Crippen molar-refractivity contribution in [1.29, 1.82) is 0 Å². The summed E-state index contributed by atoms with van der Waals surface area (Å²) in [5, 5.41) is 55.2. The molecule has 0 bridgehead atoms. The van der Waals surface area contributed by atoms with E-state index in [-0.39, 0.29) is 6.42 Å². The Balaban J connectivity index is 1.11. The lowest BCUT2D eigenvalue weighted by molar-refractivity contribution is -0.300. The standard InChI is InChI=1S/C62H56O8/c63-59(45-26-9-1-10-27-45,46-28-11-2-12-29-46)53-54(60(64,47-30-13-3-14-31-47)48-32-15-4-16-33-48)68-57(67-53)42-25-43-58(44-57)69-55(61(65,49-34-17-5-18-35-49)50-36-19-6-20-37-50)56(70-58)62(66,51-38-21-7-22-39-51)52-40-23-8-24-41-52/h1-24,26-41,53-56,63-66H,25,42-44H2/t53-,54-,55-,56-/m0/s1. The van der Waals surface area contributed by atoms with Crippen LogP contribution in [0.3, 0.4) is 0 Å². The first-order valence-electron chi connectivity index (χ1n) is 24.2. The van der Waals surface area contributed by atoms with Crippen LogP contribution in [0, 0.1) is 0 Å². The third-order valence-electron chi connectivity index (χ3n) is 14.9. The van der Waals surface area contributed by atoms with Crippen LogP contribution < -0.4 is 0 Å². The van der Waals surface area contributed by atoms with Crippen LogP contribution in [0.4, 0.5) is 0 Å². The minimum Gasteiger partial charge on any atom is -0.378 e. The maximum Gasteiger partial charge on any atom is 0.174 e. The lowest BCUT2D eigenvalue weighted by Gasteiger charge is -2.43. The zero-order valence-electron chi connectivity index (χ0n) is 38.7. The molecule has 0 radical (unpaired) electrons. The van der Waals surface area contributed by atoms with E-state index in [2.05, 4.69) is 0 Å². The summed E-state index contributed by atoms with van der Waals surface area (Å²) in [5.41, 5.74) is -3.17. The lowest BCUT2D eigenvalue weighted by atomic mass is 9.72. The van der Waals surface area contributed by atoms with Crippen molar-refractivity contribution in [2.75, 3.05) is 0 Å². The maximum absolute atomic E-state index is 13.8. The van der Waals surface area contributed by atoms with E-state index in [0.717, 1.165) is 0 Å². The fourth-order valence-electron chi connectivity index (χ4n) is 11.6. The quantitative estimate of drug-likeness (QED) is 0.0957. The van der Waals surface area contributed by atoms with Gasteiger partial charge < -0.3 is 39.4 Å². The molecule has 1 aliphatic carbocycles. The van der Waals surface area contributed by atoms with E-state index in [1.165, 1.54) is 0 Å². The highest BCUT2D eigenvalue weighted by Crippen LogP contribution is 2.59. The third kappa shape index (κ3) is 7.64. The fourth-order valence-corrected chi connectivity index (χ4v) is 11.6. The Bertz CT molecular complexity index is 2410. The molecule has 8 aromatic carbocycles. The predicted octanol–water partition coefficient (Wildman–Crippen LogP) is 10.3. The summed E-state index contributed by atoms with van der Waals surface area (Å²) in [5.74, 6) is -3.12. The molecule has 8 nitrogen and oxygen atoms in total. The molecule has 3 aliphatic rings. The monoisotopic (exact) mass is 928 g/mol. The van der Waals surface area contributed by atoms with Gasteiger partial charge >= 0.3 is 0 Å². The molecule has 8 aromatic rings. The Morgan fingerprint density at radius 2 is 0.429 bits per heavy atom. The molecule has 8 heteroatoms. The molecule has 2 spiro atoms. The predicted molar refractivity (Wildman–Crippen MR) is 267 cm³/mol. The van der Waals surface area contributed by atoms with Gasteiger partial charge in [0.15, 0.2) is 11.6 Å². The molecule has 2 aliphatic heterocycles.